The molecule has 2 aromatic carbocycles. The number of ether oxygens (including phenoxy) is 1. The molecular weight excluding hydrogens is 428 g/mol. The molecule has 3 heterocycles. The number of fused-ring (bicyclic) bond motifs is 1. The normalized spacial score (nSPS) is 23.4. The zero-order valence-corrected chi connectivity index (χ0v) is 19.1. The SMILES string of the molecule is O=C(O)c1cccc2cc(-c3ccc([C@@H]4CC45CCN(C(=O)C4CCCO4)CC5)cc3)cnc12. The first-order valence-electron chi connectivity index (χ1n) is 12.2. The van der Waals surface area contributed by atoms with Crippen molar-refractivity contribution in [2.45, 2.75) is 44.1 Å². The summed E-state index contributed by atoms with van der Waals surface area (Å²) in [4.78, 5) is 30.6. The van der Waals surface area contributed by atoms with Gasteiger partial charge in [-0.05, 0) is 66.7 Å². The van der Waals surface area contributed by atoms with Crippen molar-refractivity contribution in [1.29, 1.82) is 0 Å². The topological polar surface area (TPSA) is 79.7 Å². The van der Waals surface area contributed by atoms with E-state index >= 15 is 0 Å². The molecule has 0 radical (unpaired) electrons. The van der Waals surface area contributed by atoms with Gasteiger partial charge in [0.2, 0.25) is 0 Å². The summed E-state index contributed by atoms with van der Waals surface area (Å²) >= 11 is 0. The van der Waals surface area contributed by atoms with E-state index in [1.807, 2.05) is 17.0 Å². The first kappa shape index (κ1) is 21.3. The van der Waals surface area contributed by atoms with Gasteiger partial charge in [0, 0.05) is 36.8 Å². The van der Waals surface area contributed by atoms with Crippen LogP contribution in [0.4, 0.5) is 0 Å². The van der Waals surface area contributed by atoms with E-state index in [1.165, 1.54) is 12.0 Å². The molecule has 1 amide bonds. The lowest BCUT2D eigenvalue weighted by Crippen LogP contribution is -2.44. The van der Waals surface area contributed by atoms with Gasteiger partial charge in [-0.3, -0.25) is 9.78 Å². The number of aromatic carboxylic acids is 1. The minimum Gasteiger partial charge on any atom is -0.478 e. The third-order valence-corrected chi connectivity index (χ3v) is 8.05. The fraction of sp³-hybridized carbons (Fsp3) is 0.393. The molecule has 34 heavy (non-hydrogen) atoms. The van der Waals surface area contributed by atoms with Gasteiger partial charge >= 0.3 is 5.97 Å². The van der Waals surface area contributed by atoms with E-state index in [0.717, 1.165) is 55.3 Å². The fourth-order valence-electron chi connectivity index (χ4n) is 5.92. The highest BCUT2D eigenvalue weighted by Crippen LogP contribution is 2.65. The number of hydrogen-bond donors (Lipinski definition) is 1. The Morgan fingerprint density at radius 3 is 2.56 bits per heavy atom. The molecule has 3 aliphatic rings. The average molecular weight is 457 g/mol. The van der Waals surface area contributed by atoms with E-state index in [1.54, 1.807) is 18.3 Å². The number of aromatic nitrogens is 1. The molecule has 6 rings (SSSR count). The van der Waals surface area contributed by atoms with Crippen LogP contribution in [0, 0.1) is 5.41 Å². The molecule has 1 aliphatic carbocycles. The van der Waals surface area contributed by atoms with E-state index in [0.29, 0.717) is 23.5 Å². The fourth-order valence-corrected chi connectivity index (χ4v) is 5.92. The molecule has 1 N–H and O–H groups in total. The summed E-state index contributed by atoms with van der Waals surface area (Å²) < 4.78 is 5.59. The van der Waals surface area contributed by atoms with Gasteiger partial charge in [-0.25, -0.2) is 4.79 Å². The maximum absolute atomic E-state index is 12.7. The van der Waals surface area contributed by atoms with Crippen LogP contribution in [0.5, 0.6) is 0 Å². The minimum atomic E-state index is -0.962. The Kier molecular flexibility index (Phi) is 5.14. The molecule has 3 aromatic rings. The van der Waals surface area contributed by atoms with Gasteiger partial charge in [-0.1, -0.05) is 36.4 Å². The molecule has 174 valence electrons. The van der Waals surface area contributed by atoms with Crippen molar-refractivity contribution in [3.05, 3.63) is 65.9 Å². The van der Waals surface area contributed by atoms with Gasteiger partial charge in [0.15, 0.2) is 0 Å². The number of carboxylic acids is 1. The summed E-state index contributed by atoms with van der Waals surface area (Å²) in [6.45, 7) is 2.40. The standard InChI is InChI=1S/C28H28N2O4/c31-26(24-5-2-14-34-24)30-12-10-28(11-13-30)16-23(28)19-8-6-18(7-9-19)21-15-20-3-1-4-22(27(32)33)25(20)29-17-21/h1,3-4,6-9,15,17,23-24H,2,5,10-14,16H2,(H,32,33)/t23-,24?/m0/s1. The quantitative estimate of drug-likeness (QED) is 0.606. The lowest BCUT2D eigenvalue weighted by Gasteiger charge is -2.34. The minimum absolute atomic E-state index is 0.188. The summed E-state index contributed by atoms with van der Waals surface area (Å²) in [5, 5.41) is 10.2. The molecule has 2 saturated heterocycles. The Bertz CT molecular complexity index is 1260. The third-order valence-electron chi connectivity index (χ3n) is 8.05. The first-order chi connectivity index (χ1) is 16.5. The number of likely N-dealkylation sites (tertiary alicyclic amines) is 1. The second kappa shape index (κ2) is 8.20. The predicted octanol–water partition coefficient (Wildman–Crippen LogP) is 4.88. The van der Waals surface area contributed by atoms with E-state index in [4.69, 9.17) is 4.74 Å². The Balaban J connectivity index is 1.14. The van der Waals surface area contributed by atoms with E-state index in [-0.39, 0.29) is 17.6 Å². The molecule has 1 aromatic heterocycles. The van der Waals surface area contributed by atoms with Crippen molar-refractivity contribution in [2.24, 2.45) is 5.41 Å². The zero-order chi connectivity index (χ0) is 23.3. The van der Waals surface area contributed by atoms with Gasteiger partial charge in [0.1, 0.15) is 6.10 Å². The predicted molar refractivity (Wildman–Crippen MR) is 129 cm³/mol. The Hall–Kier alpha value is -3.25. The molecule has 1 unspecified atom stereocenters. The molecule has 3 fully saturated rings. The third kappa shape index (κ3) is 3.66. The van der Waals surface area contributed by atoms with Crippen LogP contribution in [0.2, 0.25) is 0 Å². The molecule has 6 nitrogen and oxygen atoms in total. The number of rotatable bonds is 4. The number of para-hydroxylation sites is 1. The van der Waals surface area contributed by atoms with Crippen molar-refractivity contribution in [3.8, 4) is 11.1 Å². The number of carboxylic acid groups (broad SMARTS) is 1. The van der Waals surface area contributed by atoms with Crippen molar-refractivity contribution in [3.63, 3.8) is 0 Å². The molecule has 1 spiro atoms. The lowest BCUT2D eigenvalue weighted by atomic mass is 9.88. The molecule has 6 heteroatoms. The monoisotopic (exact) mass is 456 g/mol. The second-order valence-electron chi connectivity index (χ2n) is 9.97. The van der Waals surface area contributed by atoms with Gasteiger partial charge < -0.3 is 14.7 Å². The number of nitrogens with zero attached hydrogens (tertiary/aromatic N) is 2. The number of hydrogen-bond acceptors (Lipinski definition) is 4. The smallest absolute Gasteiger partial charge is 0.337 e. The van der Waals surface area contributed by atoms with Crippen molar-refractivity contribution in [2.75, 3.05) is 19.7 Å². The van der Waals surface area contributed by atoms with E-state index in [2.05, 4.69) is 29.2 Å². The molecule has 1 saturated carbocycles. The number of pyridine rings is 1. The van der Waals surface area contributed by atoms with Gasteiger partial charge in [0.05, 0.1) is 11.1 Å². The zero-order valence-electron chi connectivity index (χ0n) is 19.1. The molecule has 2 aliphatic heterocycles. The van der Waals surface area contributed by atoms with Crippen LogP contribution in [0.15, 0.2) is 54.7 Å². The van der Waals surface area contributed by atoms with Crippen LogP contribution in [-0.4, -0.2) is 52.7 Å². The van der Waals surface area contributed by atoms with Crippen LogP contribution < -0.4 is 0 Å². The summed E-state index contributed by atoms with van der Waals surface area (Å²) in [5.74, 6) is -0.210. The summed E-state index contributed by atoms with van der Waals surface area (Å²) in [6, 6.07) is 16.0. The second-order valence-corrected chi connectivity index (χ2v) is 9.97. The lowest BCUT2D eigenvalue weighted by molar-refractivity contribution is -0.142. The van der Waals surface area contributed by atoms with E-state index < -0.39 is 5.97 Å². The van der Waals surface area contributed by atoms with Gasteiger partial charge in [-0.15, -0.1) is 0 Å². The number of benzene rings is 2. The molecular formula is C28H28N2O4. The van der Waals surface area contributed by atoms with Gasteiger partial charge in [0.25, 0.3) is 5.91 Å². The summed E-state index contributed by atoms with van der Waals surface area (Å²) in [6.07, 6.45) is 6.73. The number of amides is 1. The molecule has 2 atom stereocenters. The number of carbonyl (C=O) groups excluding carboxylic acids is 1. The Morgan fingerprint density at radius 1 is 1.06 bits per heavy atom. The average Bonchev–Trinajstić information content (AvgIpc) is 3.28. The molecule has 0 bridgehead atoms. The van der Waals surface area contributed by atoms with Crippen LogP contribution in [0.25, 0.3) is 22.0 Å². The van der Waals surface area contributed by atoms with Crippen molar-refractivity contribution in [1.82, 2.24) is 9.88 Å². The van der Waals surface area contributed by atoms with Crippen LogP contribution >= 0.6 is 0 Å². The van der Waals surface area contributed by atoms with Crippen LogP contribution in [-0.2, 0) is 9.53 Å². The Labute approximate surface area is 198 Å². The number of carbonyl (C=O) groups is 2. The summed E-state index contributed by atoms with van der Waals surface area (Å²) in [7, 11) is 0. The first-order valence-corrected chi connectivity index (χ1v) is 12.2. The van der Waals surface area contributed by atoms with Gasteiger partial charge in [-0.2, -0.15) is 0 Å². The summed E-state index contributed by atoms with van der Waals surface area (Å²) in [5.41, 5.74) is 4.50. The van der Waals surface area contributed by atoms with Crippen molar-refractivity contribution >= 4 is 22.8 Å². The number of piperidine rings is 1. The maximum atomic E-state index is 12.7. The van der Waals surface area contributed by atoms with Crippen molar-refractivity contribution < 1.29 is 19.4 Å². The highest BCUT2D eigenvalue weighted by atomic mass is 16.5. The highest BCUT2D eigenvalue weighted by molar-refractivity contribution is 6.02. The van der Waals surface area contributed by atoms with Crippen LogP contribution in [0.3, 0.4) is 0 Å². The largest absolute Gasteiger partial charge is 0.478 e. The maximum Gasteiger partial charge on any atom is 0.337 e. The highest BCUT2D eigenvalue weighted by Gasteiger charge is 2.55. The Morgan fingerprint density at radius 2 is 1.85 bits per heavy atom. The van der Waals surface area contributed by atoms with E-state index in [9.17, 15) is 14.7 Å². The van der Waals surface area contributed by atoms with Crippen LogP contribution in [0.1, 0.15) is 53.9 Å².